The summed E-state index contributed by atoms with van der Waals surface area (Å²) in [5.74, 6) is -0.00723. The largest absolute Gasteiger partial charge is 0.383 e. The summed E-state index contributed by atoms with van der Waals surface area (Å²) in [6, 6.07) is 11.5. The molecular formula is C19H18ClN5O3S2. The lowest BCUT2D eigenvalue weighted by Crippen LogP contribution is -2.41. The molecule has 0 radical (unpaired) electrons. The van der Waals surface area contributed by atoms with Crippen molar-refractivity contribution in [2.75, 3.05) is 13.2 Å². The van der Waals surface area contributed by atoms with E-state index in [0.717, 1.165) is 16.9 Å². The second kappa shape index (κ2) is 8.31. The first-order valence-electron chi connectivity index (χ1n) is 9.05. The smallest absolute Gasteiger partial charge is 0.250 e. The van der Waals surface area contributed by atoms with Crippen LogP contribution in [0.3, 0.4) is 0 Å². The number of rotatable bonds is 6. The molecule has 1 aliphatic heterocycles. The molecule has 1 amide bonds. The van der Waals surface area contributed by atoms with Gasteiger partial charge in [-0.1, -0.05) is 41.9 Å². The third kappa shape index (κ3) is 4.17. The van der Waals surface area contributed by atoms with Gasteiger partial charge in [0.2, 0.25) is 5.91 Å². The minimum absolute atomic E-state index is 0.0714. The summed E-state index contributed by atoms with van der Waals surface area (Å²) in [5, 5.41) is 0.803. The molecule has 1 atom stereocenters. The van der Waals surface area contributed by atoms with E-state index in [9.17, 15) is 13.2 Å². The minimum Gasteiger partial charge on any atom is -0.383 e. The van der Waals surface area contributed by atoms with Crippen molar-refractivity contribution in [2.45, 2.75) is 16.7 Å². The van der Waals surface area contributed by atoms with Gasteiger partial charge in [0, 0.05) is 28.4 Å². The monoisotopic (exact) mass is 463 g/mol. The SMILES string of the molecule is NC(=NCN1CC[C@H](NS(=O)(=O)c2cc3c(Cl)nccc3s2)C1=O)c1ccccc1. The van der Waals surface area contributed by atoms with E-state index >= 15 is 0 Å². The number of amides is 1. The highest BCUT2D eigenvalue weighted by molar-refractivity contribution is 7.91. The molecule has 0 spiro atoms. The number of amidine groups is 1. The number of thiophene rings is 1. The molecule has 4 rings (SSSR count). The van der Waals surface area contributed by atoms with Crippen LogP contribution in [-0.4, -0.2) is 49.3 Å². The Hall–Kier alpha value is -2.53. The number of aromatic nitrogens is 1. The topological polar surface area (TPSA) is 118 Å². The molecule has 3 N–H and O–H groups in total. The van der Waals surface area contributed by atoms with Crippen LogP contribution in [-0.2, 0) is 14.8 Å². The molecule has 1 aromatic carbocycles. The molecule has 1 saturated heterocycles. The third-order valence-corrected chi connectivity index (χ3v) is 8.06. The number of hydrogen-bond acceptors (Lipinski definition) is 6. The molecule has 3 aromatic rings. The van der Waals surface area contributed by atoms with Crippen molar-refractivity contribution < 1.29 is 13.2 Å². The van der Waals surface area contributed by atoms with Crippen LogP contribution in [0.15, 0.2) is 57.9 Å². The average Bonchev–Trinajstić information content (AvgIpc) is 3.32. The summed E-state index contributed by atoms with van der Waals surface area (Å²) in [4.78, 5) is 22.3. The van der Waals surface area contributed by atoms with Crippen molar-refractivity contribution in [3.8, 4) is 0 Å². The molecule has 0 aliphatic carbocycles. The third-order valence-electron chi connectivity index (χ3n) is 4.72. The van der Waals surface area contributed by atoms with Gasteiger partial charge in [0.15, 0.2) is 0 Å². The summed E-state index contributed by atoms with van der Waals surface area (Å²) in [5.41, 5.74) is 6.73. The van der Waals surface area contributed by atoms with Gasteiger partial charge < -0.3 is 10.6 Å². The zero-order valence-corrected chi connectivity index (χ0v) is 18.0. The van der Waals surface area contributed by atoms with Crippen LogP contribution < -0.4 is 10.5 Å². The van der Waals surface area contributed by atoms with Gasteiger partial charge in [0.05, 0.1) is 0 Å². The van der Waals surface area contributed by atoms with E-state index in [1.165, 1.54) is 17.2 Å². The molecule has 1 aliphatic rings. The van der Waals surface area contributed by atoms with Crippen molar-refractivity contribution in [2.24, 2.45) is 10.7 Å². The summed E-state index contributed by atoms with van der Waals surface area (Å²) >= 11 is 7.11. The number of fused-ring (bicyclic) bond motifs is 1. The first kappa shape index (κ1) is 20.7. The van der Waals surface area contributed by atoms with E-state index in [1.807, 2.05) is 30.3 Å². The predicted octanol–water partition coefficient (Wildman–Crippen LogP) is 2.19. The number of halogens is 1. The van der Waals surface area contributed by atoms with Crippen molar-refractivity contribution in [1.82, 2.24) is 14.6 Å². The fourth-order valence-corrected chi connectivity index (χ4v) is 6.03. The molecule has 8 nitrogen and oxygen atoms in total. The number of carbonyl (C=O) groups excluding carboxylic acids is 1. The van der Waals surface area contributed by atoms with Gasteiger partial charge in [-0.2, -0.15) is 4.72 Å². The van der Waals surface area contributed by atoms with Crippen molar-refractivity contribution >= 4 is 54.8 Å². The van der Waals surface area contributed by atoms with Crippen LogP contribution in [0.1, 0.15) is 12.0 Å². The quantitative estimate of drug-likeness (QED) is 0.330. The second-order valence-electron chi connectivity index (χ2n) is 6.69. The maximum atomic E-state index is 12.8. The summed E-state index contributed by atoms with van der Waals surface area (Å²) in [6.45, 7) is 0.460. The Labute approximate surface area is 182 Å². The van der Waals surface area contributed by atoms with Crippen LogP contribution in [0, 0.1) is 0 Å². The zero-order chi connectivity index (χ0) is 21.3. The van der Waals surface area contributed by atoms with Crippen molar-refractivity contribution in [3.63, 3.8) is 0 Å². The lowest BCUT2D eigenvalue weighted by molar-refractivity contribution is -0.128. The number of nitrogens with zero attached hydrogens (tertiary/aromatic N) is 3. The normalized spacial score (nSPS) is 17.8. The fourth-order valence-electron chi connectivity index (χ4n) is 3.14. The second-order valence-corrected chi connectivity index (χ2v) is 10.1. The van der Waals surface area contributed by atoms with E-state index in [-0.39, 0.29) is 21.9 Å². The molecule has 30 heavy (non-hydrogen) atoms. The van der Waals surface area contributed by atoms with Gasteiger partial charge in [-0.05, 0) is 18.6 Å². The van der Waals surface area contributed by atoms with E-state index in [2.05, 4.69) is 14.7 Å². The highest BCUT2D eigenvalue weighted by atomic mass is 35.5. The summed E-state index contributed by atoms with van der Waals surface area (Å²) in [7, 11) is -3.88. The lowest BCUT2D eigenvalue weighted by atomic mass is 10.2. The Kier molecular flexibility index (Phi) is 5.74. The Morgan fingerprint density at radius 3 is 2.83 bits per heavy atom. The molecule has 1 fully saturated rings. The molecule has 0 saturated carbocycles. The molecule has 3 heterocycles. The highest BCUT2D eigenvalue weighted by Crippen LogP contribution is 2.32. The summed E-state index contributed by atoms with van der Waals surface area (Å²) in [6.07, 6.45) is 1.87. The number of pyridine rings is 1. The molecule has 0 unspecified atom stereocenters. The molecule has 11 heteroatoms. The zero-order valence-electron chi connectivity index (χ0n) is 15.7. The molecule has 2 aromatic heterocycles. The predicted molar refractivity (Wildman–Crippen MR) is 117 cm³/mol. The standard InChI is InChI=1S/C19H18ClN5O3S2/c20-17-13-10-16(29-15(13)6-8-22-17)30(27,28)24-14-7-9-25(19(14)26)11-23-18(21)12-4-2-1-3-5-12/h1-6,8,10,14,24H,7,9,11H2,(H2,21,23)/t14-/m0/s1. The van der Waals surface area contributed by atoms with Crippen LogP contribution in [0.4, 0.5) is 0 Å². The Balaban J connectivity index is 1.45. The average molecular weight is 464 g/mol. The Morgan fingerprint density at radius 2 is 2.10 bits per heavy atom. The summed E-state index contributed by atoms with van der Waals surface area (Å²) < 4.78 is 28.9. The minimum atomic E-state index is -3.88. The Bertz CT molecular complexity index is 1230. The molecule has 156 valence electrons. The van der Waals surface area contributed by atoms with Crippen LogP contribution in [0.5, 0.6) is 0 Å². The van der Waals surface area contributed by atoms with E-state index in [1.54, 1.807) is 6.07 Å². The van der Waals surface area contributed by atoms with Gasteiger partial charge in [-0.15, -0.1) is 11.3 Å². The number of sulfonamides is 1. The van der Waals surface area contributed by atoms with Gasteiger partial charge in [0.1, 0.15) is 27.9 Å². The number of likely N-dealkylation sites (tertiary alicyclic amines) is 1. The number of aliphatic imine (C=N–C) groups is 1. The number of nitrogens with two attached hydrogens (primary N) is 1. The lowest BCUT2D eigenvalue weighted by Gasteiger charge is -2.15. The maximum Gasteiger partial charge on any atom is 0.250 e. The van der Waals surface area contributed by atoms with Gasteiger partial charge >= 0.3 is 0 Å². The number of carbonyl (C=O) groups is 1. The number of hydrogen-bond donors (Lipinski definition) is 2. The first-order chi connectivity index (χ1) is 14.3. The number of nitrogens with one attached hydrogen (secondary N) is 1. The van der Waals surface area contributed by atoms with Crippen molar-refractivity contribution in [3.05, 3.63) is 59.4 Å². The highest BCUT2D eigenvalue weighted by Gasteiger charge is 2.35. The van der Waals surface area contributed by atoms with E-state index < -0.39 is 16.1 Å². The van der Waals surface area contributed by atoms with E-state index in [0.29, 0.717) is 28.9 Å². The Morgan fingerprint density at radius 1 is 1.33 bits per heavy atom. The number of benzene rings is 1. The van der Waals surface area contributed by atoms with Crippen LogP contribution >= 0.6 is 22.9 Å². The van der Waals surface area contributed by atoms with Crippen LogP contribution in [0.25, 0.3) is 10.1 Å². The van der Waals surface area contributed by atoms with Gasteiger partial charge in [-0.25, -0.2) is 18.4 Å². The molecular weight excluding hydrogens is 446 g/mol. The van der Waals surface area contributed by atoms with Crippen LogP contribution in [0.2, 0.25) is 5.15 Å². The van der Waals surface area contributed by atoms with Gasteiger partial charge in [-0.3, -0.25) is 4.79 Å². The first-order valence-corrected chi connectivity index (χ1v) is 11.7. The maximum absolute atomic E-state index is 12.8. The van der Waals surface area contributed by atoms with Gasteiger partial charge in [0.25, 0.3) is 10.0 Å². The van der Waals surface area contributed by atoms with Crippen molar-refractivity contribution in [1.29, 1.82) is 0 Å². The van der Waals surface area contributed by atoms with E-state index in [4.69, 9.17) is 17.3 Å². The fraction of sp³-hybridized carbons (Fsp3) is 0.211. The molecule has 0 bridgehead atoms.